The molecule has 1 spiro atoms. The standard InChI is InChI=1S/C20H19FN2O2S/c1-13(2)23-17-6-4-3-5-16(17)20(19(23)25)22(11-12-26-20)18(24)14-7-9-15(21)10-8-14/h3-10,13H,11-12H2,1-2H3. The van der Waals surface area contributed by atoms with Gasteiger partial charge in [0.15, 0.2) is 4.87 Å². The highest BCUT2D eigenvalue weighted by Gasteiger charge is 2.59. The van der Waals surface area contributed by atoms with Crippen molar-refractivity contribution in [3.05, 3.63) is 65.5 Å². The molecular weight excluding hydrogens is 351 g/mol. The van der Waals surface area contributed by atoms with Gasteiger partial charge in [0.25, 0.3) is 11.8 Å². The summed E-state index contributed by atoms with van der Waals surface area (Å²) in [6, 6.07) is 13.2. The summed E-state index contributed by atoms with van der Waals surface area (Å²) in [5, 5.41) is 0. The maximum absolute atomic E-state index is 13.5. The highest BCUT2D eigenvalue weighted by atomic mass is 32.2. The number of nitrogens with zero attached hydrogens (tertiary/aromatic N) is 2. The van der Waals surface area contributed by atoms with Crippen molar-refractivity contribution in [2.24, 2.45) is 0 Å². The molecule has 2 aliphatic rings. The minimum atomic E-state index is -1.04. The fourth-order valence-corrected chi connectivity index (χ4v) is 5.23. The van der Waals surface area contributed by atoms with E-state index < -0.39 is 4.87 Å². The van der Waals surface area contributed by atoms with Gasteiger partial charge in [0, 0.05) is 29.5 Å². The largest absolute Gasteiger partial charge is 0.311 e. The number of hydrogen-bond acceptors (Lipinski definition) is 3. The van der Waals surface area contributed by atoms with E-state index in [1.165, 1.54) is 36.0 Å². The topological polar surface area (TPSA) is 40.6 Å². The monoisotopic (exact) mass is 370 g/mol. The van der Waals surface area contributed by atoms with Crippen LogP contribution < -0.4 is 4.90 Å². The average molecular weight is 370 g/mol. The molecule has 1 fully saturated rings. The second kappa shape index (κ2) is 6.13. The molecule has 26 heavy (non-hydrogen) atoms. The van der Waals surface area contributed by atoms with E-state index in [1.54, 1.807) is 9.80 Å². The van der Waals surface area contributed by atoms with Crippen LogP contribution in [0.25, 0.3) is 0 Å². The number of anilines is 1. The molecular formula is C20H19FN2O2S. The second-order valence-electron chi connectivity index (χ2n) is 6.74. The Hall–Kier alpha value is -2.34. The van der Waals surface area contributed by atoms with Gasteiger partial charge in [0.05, 0.1) is 5.69 Å². The van der Waals surface area contributed by atoms with Crippen LogP contribution in [-0.2, 0) is 9.67 Å². The molecule has 0 aliphatic carbocycles. The molecule has 0 bridgehead atoms. The lowest BCUT2D eigenvalue weighted by atomic mass is 10.0. The van der Waals surface area contributed by atoms with Crippen molar-refractivity contribution in [2.75, 3.05) is 17.2 Å². The number of hydrogen-bond donors (Lipinski definition) is 0. The summed E-state index contributed by atoms with van der Waals surface area (Å²) >= 11 is 1.50. The summed E-state index contributed by atoms with van der Waals surface area (Å²) < 4.78 is 13.2. The van der Waals surface area contributed by atoms with E-state index in [0.717, 1.165) is 11.3 Å². The maximum Gasteiger partial charge on any atom is 0.268 e. The van der Waals surface area contributed by atoms with Crippen LogP contribution in [-0.4, -0.2) is 35.1 Å². The first-order valence-electron chi connectivity index (χ1n) is 8.61. The number of carbonyl (C=O) groups excluding carboxylic acids is 2. The lowest BCUT2D eigenvalue weighted by Crippen LogP contribution is -2.51. The van der Waals surface area contributed by atoms with Gasteiger partial charge in [0.2, 0.25) is 0 Å². The van der Waals surface area contributed by atoms with Gasteiger partial charge < -0.3 is 9.80 Å². The summed E-state index contributed by atoms with van der Waals surface area (Å²) in [4.78, 5) is 29.0. The number of benzene rings is 2. The van der Waals surface area contributed by atoms with Gasteiger partial charge in [-0.3, -0.25) is 9.59 Å². The molecule has 2 aliphatic heterocycles. The third kappa shape index (κ3) is 2.28. The number of amides is 2. The summed E-state index contributed by atoms with van der Waals surface area (Å²) in [5.74, 6) is -0.0328. The third-order valence-corrected chi connectivity index (χ3v) is 6.32. The highest BCUT2D eigenvalue weighted by molar-refractivity contribution is 8.01. The summed E-state index contributed by atoms with van der Waals surface area (Å²) in [6.07, 6.45) is 0. The first kappa shape index (κ1) is 17.1. The van der Waals surface area contributed by atoms with Crippen LogP contribution in [0.5, 0.6) is 0 Å². The van der Waals surface area contributed by atoms with E-state index in [0.29, 0.717) is 17.9 Å². The molecule has 2 aromatic rings. The fourth-order valence-electron chi connectivity index (χ4n) is 3.78. The van der Waals surface area contributed by atoms with E-state index in [4.69, 9.17) is 0 Å². The number of rotatable bonds is 2. The molecule has 0 aromatic heterocycles. The van der Waals surface area contributed by atoms with E-state index in [-0.39, 0.29) is 23.7 Å². The van der Waals surface area contributed by atoms with Crippen LogP contribution in [0.2, 0.25) is 0 Å². The van der Waals surface area contributed by atoms with Crippen LogP contribution in [0.4, 0.5) is 10.1 Å². The van der Waals surface area contributed by atoms with Gasteiger partial charge in [-0.2, -0.15) is 0 Å². The van der Waals surface area contributed by atoms with Crippen LogP contribution in [0.1, 0.15) is 29.8 Å². The fraction of sp³-hybridized carbons (Fsp3) is 0.300. The molecule has 2 heterocycles. The molecule has 1 atom stereocenters. The average Bonchev–Trinajstić information content (AvgIpc) is 3.17. The number of fused-ring (bicyclic) bond motifs is 2. The molecule has 2 aromatic carbocycles. The number of thioether (sulfide) groups is 1. The lowest BCUT2D eigenvalue weighted by Gasteiger charge is -2.34. The molecule has 0 N–H and O–H groups in total. The van der Waals surface area contributed by atoms with Crippen molar-refractivity contribution in [1.82, 2.24) is 4.90 Å². The lowest BCUT2D eigenvalue weighted by molar-refractivity contribution is -0.123. The van der Waals surface area contributed by atoms with Crippen LogP contribution in [0, 0.1) is 5.82 Å². The number of halogens is 1. The Morgan fingerprint density at radius 3 is 2.54 bits per heavy atom. The van der Waals surface area contributed by atoms with Crippen molar-refractivity contribution in [3.63, 3.8) is 0 Å². The van der Waals surface area contributed by atoms with E-state index in [2.05, 4.69) is 0 Å². The normalized spacial score (nSPS) is 21.8. The molecule has 134 valence electrons. The second-order valence-corrected chi connectivity index (χ2v) is 8.03. The zero-order chi connectivity index (χ0) is 18.5. The van der Waals surface area contributed by atoms with Crippen LogP contribution in [0.3, 0.4) is 0 Å². The summed E-state index contributed by atoms with van der Waals surface area (Å²) in [6.45, 7) is 4.42. The van der Waals surface area contributed by atoms with Gasteiger partial charge in [-0.25, -0.2) is 4.39 Å². The molecule has 2 amide bonds. The quantitative estimate of drug-likeness (QED) is 0.811. The van der Waals surface area contributed by atoms with Gasteiger partial charge in [-0.05, 0) is 44.2 Å². The Morgan fingerprint density at radius 2 is 1.85 bits per heavy atom. The Labute approximate surface area is 156 Å². The molecule has 0 radical (unpaired) electrons. The Balaban J connectivity index is 1.83. The smallest absolute Gasteiger partial charge is 0.268 e. The van der Waals surface area contributed by atoms with Gasteiger partial charge in [0.1, 0.15) is 5.82 Å². The molecule has 4 nitrogen and oxygen atoms in total. The Morgan fingerprint density at radius 1 is 1.15 bits per heavy atom. The van der Waals surface area contributed by atoms with Crippen LogP contribution in [0.15, 0.2) is 48.5 Å². The maximum atomic E-state index is 13.5. The predicted octanol–water partition coefficient (Wildman–Crippen LogP) is 3.62. The molecule has 6 heteroatoms. The third-order valence-electron chi connectivity index (χ3n) is 4.90. The SMILES string of the molecule is CC(C)N1C(=O)C2(SCCN2C(=O)c2ccc(F)cc2)c2ccccc21. The van der Waals surface area contributed by atoms with Gasteiger partial charge in [-0.15, -0.1) is 11.8 Å². The number of carbonyl (C=O) groups is 2. The Bertz CT molecular complexity index is 884. The van der Waals surface area contributed by atoms with E-state index in [9.17, 15) is 14.0 Å². The van der Waals surface area contributed by atoms with Crippen molar-refractivity contribution >= 4 is 29.3 Å². The first-order valence-corrected chi connectivity index (χ1v) is 9.60. The van der Waals surface area contributed by atoms with E-state index in [1.807, 2.05) is 38.1 Å². The van der Waals surface area contributed by atoms with Crippen LogP contribution >= 0.6 is 11.8 Å². The minimum Gasteiger partial charge on any atom is -0.311 e. The van der Waals surface area contributed by atoms with E-state index >= 15 is 0 Å². The highest BCUT2D eigenvalue weighted by Crippen LogP contribution is 2.54. The molecule has 0 saturated carbocycles. The van der Waals surface area contributed by atoms with Crippen molar-refractivity contribution in [1.29, 1.82) is 0 Å². The molecule has 1 unspecified atom stereocenters. The van der Waals surface area contributed by atoms with Gasteiger partial charge in [-0.1, -0.05) is 18.2 Å². The predicted molar refractivity (Wildman–Crippen MR) is 101 cm³/mol. The molecule has 1 saturated heterocycles. The van der Waals surface area contributed by atoms with Crippen molar-refractivity contribution in [3.8, 4) is 0 Å². The first-order chi connectivity index (χ1) is 12.5. The van der Waals surface area contributed by atoms with Crippen molar-refractivity contribution in [2.45, 2.75) is 24.8 Å². The molecule has 4 rings (SSSR count). The minimum absolute atomic E-state index is 0.00741. The Kier molecular flexibility index (Phi) is 4.03. The summed E-state index contributed by atoms with van der Waals surface area (Å²) in [7, 11) is 0. The number of para-hydroxylation sites is 1. The zero-order valence-corrected chi connectivity index (χ0v) is 15.4. The zero-order valence-electron chi connectivity index (χ0n) is 14.6. The van der Waals surface area contributed by atoms with Crippen molar-refractivity contribution < 1.29 is 14.0 Å². The summed E-state index contributed by atoms with van der Waals surface area (Å²) in [5.41, 5.74) is 2.11. The van der Waals surface area contributed by atoms with Gasteiger partial charge >= 0.3 is 0 Å².